The van der Waals surface area contributed by atoms with E-state index in [0.29, 0.717) is 6.42 Å². The molecule has 2 heterocycles. The fourth-order valence-corrected chi connectivity index (χ4v) is 2.61. The van der Waals surface area contributed by atoms with E-state index in [1.165, 1.54) is 17.5 Å². The van der Waals surface area contributed by atoms with Gasteiger partial charge >= 0.3 is 0 Å². The Morgan fingerprint density at radius 2 is 2.10 bits per heavy atom. The molecule has 0 N–H and O–H groups in total. The maximum absolute atomic E-state index is 11.8. The molecule has 1 aromatic carbocycles. The number of hydrazone groups is 1. The molecule has 1 aliphatic heterocycles. The molecule has 4 nitrogen and oxygen atoms in total. The van der Waals surface area contributed by atoms with E-state index in [4.69, 9.17) is 4.42 Å². The molecule has 0 bridgehead atoms. The van der Waals surface area contributed by atoms with E-state index in [0.717, 1.165) is 23.5 Å². The van der Waals surface area contributed by atoms with Gasteiger partial charge in [-0.25, -0.2) is 5.01 Å². The minimum absolute atomic E-state index is 0.0726. The Balaban J connectivity index is 1.89. The molecule has 2 aromatic rings. The molecular weight excluding hydrogens is 264 g/mol. The van der Waals surface area contributed by atoms with Crippen molar-refractivity contribution in [2.24, 2.45) is 5.10 Å². The van der Waals surface area contributed by atoms with Crippen molar-refractivity contribution in [1.82, 2.24) is 5.01 Å². The normalized spacial score (nSPS) is 17.9. The first-order valence-corrected chi connectivity index (χ1v) is 7.19. The number of amides is 1. The number of nitrogens with zero attached hydrogens (tertiary/aromatic N) is 2. The Bertz CT molecular complexity index is 657. The molecule has 0 unspecified atom stereocenters. The first-order valence-electron chi connectivity index (χ1n) is 7.19. The summed E-state index contributed by atoms with van der Waals surface area (Å²) in [6.07, 6.45) is 3.32. The Labute approximate surface area is 124 Å². The second-order valence-corrected chi connectivity index (χ2v) is 5.20. The molecule has 0 saturated heterocycles. The molecule has 0 radical (unpaired) electrons. The molecule has 1 amide bonds. The van der Waals surface area contributed by atoms with Gasteiger partial charge in [-0.2, -0.15) is 5.10 Å². The summed E-state index contributed by atoms with van der Waals surface area (Å²) in [5.41, 5.74) is 3.28. The molecule has 0 saturated carbocycles. The van der Waals surface area contributed by atoms with Gasteiger partial charge in [0.05, 0.1) is 12.0 Å². The van der Waals surface area contributed by atoms with Crippen LogP contribution >= 0.6 is 0 Å². The summed E-state index contributed by atoms with van der Waals surface area (Å²) in [6.45, 7) is 3.66. The zero-order valence-corrected chi connectivity index (χ0v) is 12.2. The number of carbonyl (C=O) groups is 1. The third-order valence-corrected chi connectivity index (χ3v) is 3.80. The van der Waals surface area contributed by atoms with E-state index >= 15 is 0 Å². The van der Waals surface area contributed by atoms with Crippen LogP contribution in [0, 0.1) is 0 Å². The highest BCUT2D eigenvalue weighted by Crippen LogP contribution is 2.32. The van der Waals surface area contributed by atoms with Crippen molar-refractivity contribution in [2.45, 2.75) is 32.7 Å². The van der Waals surface area contributed by atoms with E-state index in [-0.39, 0.29) is 11.9 Å². The van der Waals surface area contributed by atoms with E-state index < -0.39 is 0 Å². The van der Waals surface area contributed by atoms with Crippen molar-refractivity contribution in [3.63, 3.8) is 0 Å². The maximum atomic E-state index is 11.8. The van der Waals surface area contributed by atoms with Crippen LogP contribution in [-0.2, 0) is 11.2 Å². The molecule has 4 heteroatoms. The average molecular weight is 282 g/mol. The maximum Gasteiger partial charge on any atom is 0.240 e. The van der Waals surface area contributed by atoms with E-state index in [9.17, 15) is 4.79 Å². The SMILES string of the molecule is CCc1ccc(C2=NN(C(C)=O)[C@H](c3ccco3)C2)cc1. The summed E-state index contributed by atoms with van der Waals surface area (Å²) in [7, 11) is 0. The fourth-order valence-electron chi connectivity index (χ4n) is 2.61. The van der Waals surface area contributed by atoms with Crippen LogP contribution in [0.25, 0.3) is 0 Å². The van der Waals surface area contributed by atoms with Gasteiger partial charge in [0.25, 0.3) is 0 Å². The van der Waals surface area contributed by atoms with Crippen LogP contribution in [0.3, 0.4) is 0 Å². The molecule has 21 heavy (non-hydrogen) atoms. The monoisotopic (exact) mass is 282 g/mol. The van der Waals surface area contributed by atoms with Crippen LogP contribution < -0.4 is 0 Å². The lowest BCUT2D eigenvalue weighted by Crippen LogP contribution is -2.23. The highest BCUT2D eigenvalue weighted by Gasteiger charge is 2.33. The van der Waals surface area contributed by atoms with Gasteiger partial charge in [-0.1, -0.05) is 31.2 Å². The summed E-state index contributed by atoms with van der Waals surface area (Å²) in [5, 5.41) is 6.01. The number of furan rings is 1. The van der Waals surface area contributed by atoms with Crippen LogP contribution in [0.1, 0.15) is 43.2 Å². The van der Waals surface area contributed by atoms with Gasteiger partial charge < -0.3 is 4.42 Å². The summed E-state index contributed by atoms with van der Waals surface area (Å²) in [6, 6.07) is 11.9. The Kier molecular flexibility index (Phi) is 3.60. The first-order chi connectivity index (χ1) is 10.2. The van der Waals surface area contributed by atoms with E-state index in [1.807, 2.05) is 12.1 Å². The zero-order chi connectivity index (χ0) is 14.8. The highest BCUT2D eigenvalue weighted by atomic mass is 16.3. The van der Waals surface area contributed by atoms with Gasteiger partial charge in [0.1, 0.15) is 11.8 Å². The molecule has 1 aliphatic rings. The predicted octanol–water partition coefficient (Wildman–Crippen LogP) is 3.54. The largest absolute Gasteiger partial charge is 0.467 e. The van der Waals surface area contributed by atoms with Gasteiger partial charge in [0.15, 0.2) is 0 Å². The number of aryl methyl sites for hydroxylation is 1. The van der Waals surface area contributed by atoms with Crippen molar-refractivity contribution < 1.29 is 9.21 Å². The Morgan fingerprint density at radius 3 is 2.67 bits per heavy atom. The molecule has 0 spiro atoms. The van der Waals surface area contributed by atoms with E-state index in [1.54, 1.807) is 6.26 Å². The van der Waals surface area contributed by atoms with Crippen molar-refractivity contribution in [1.29, 1.82) is 0 Å². The van der Waals surface area contributed by atoms with Gasteiger partial charge in [-0.05, 0) is 29.7 Å². The van der Waals surface area contributed by atoms with Crippen LogP contribution in [0.4, 0.5) is 0 Å². The third-order valence-electron chi connectivity index (χ3n) is 3.80. The standard InChI is InChI=1S/C17H18N2O2/c1-3-13-6-8-14(9-7-13)15-11-16(17-5-4-10-21-17)19(18-15)12(2)20/h4-10,16H,3,11H2,1-2H3/t16-/m0/s1. The van der Waals surface area contributed by atoms with Crippen molar-refractivity contribution in [3.8, 4) is 0 Å². The minimum Gasteiger partial charge on any atom is -0.467 e. The second-order valence-electron chi connectivity index (χ2n) is 5.20. The number of benzene rings is 1. The van der Waals surface area contributed by atoms with Crippen molar-refractivity contribution in [3.05, 3.63) is 59.5 Å². The van der Waals surface area contributed by atoms with Crippen molar-refractivity contribution in [2.75, 3.05) is 0 Å². The molecule has 0 aliphatic carbocycles. The smallest absolute Gasteiger partial charge is 0.240 e. The molecular formula is C17H18N2O2. The van der Waals surface area contributed by atoms with Gasteiger partial charge in [0.2, 0.25) is 5.91 Å². The summed E-state index contributed by atoms with van der Waals surface area (Å²) < 4.78 is 5.45. The molecule has 0 fully saturated rings. The number of rotatable bonds is 3. The molecule has 108 valence electrons. The van der Waals surface area contributed by atoms with Crippen LogP contribution in [-0.4, -0.2) is 16.6 Å². The van der Waals surface area contributed by atoms with Crippen molar-refractivity contribution >= 4 is 11.6 Å². The lowest BCUT2D eigenvalue weighted by atomic mass is 10.0. The summed E-state index contributed by atoms with van der Waals surface area (Å²) >= 11 is 0. The molecule has 1 atom stereocenters. The topological polar surface area (TPSA) is 45.8 Å². The Morgan fingerprint density at radius 1 is 1.33 bits per heavy atom. The van der Waals surface area contributed by atoms with Gasteiger partial charge in [-0.15, -0.1) is 0 Å². The second kappa shape index (κ2) is 5.56. The molecule has 1 aromatic heterocycles. The van der Waals surface area contributed by atoms with Crippen LogP contribution in [0.2, 0.25) is 0 Å². The third kappa shape index (κ3) is 2.61. The fraction of sp³-hybridized carbons (Fsp3) is 0.294. The van der Waals surface area contributed by atoms with Gasteiger partial charge in [0, 0.05) is 13.3 Å². The predicted molar refractivity (Wildman–Crippen MR) is 80.9 cm³/mol. The van der Waals surface area contributed by atoms with Gasteiger partial charge in [-0.3, -0.25) is 4.79 Å². The quantitative estimate of drug-likeness (QED) is 0.864. The lowest BCUT2D eigenvalue weighted by Gasteiger charge is -2.17. The first kappa shape index (κ1) is 13.6. The number of carbonyl (C=O) groups excluding carboxylic acids is 1. The zero-order valence-electron chi connectivity index (χ0n) is 12.2. The van der Waals surface area contributed by atoms with Crippen LogP contribution in [0.15, 0.2) is 52.2 Å². The summed E-state index contributed by atoms with van der Waals surface area (Å²) in [4.78, 5) is 11.8. The minimum atomic E-state index is -0.140. The number of hydrogen-bond acceptors (Lipinski definition) is 3. The Hall–Kier alpha value is -2.36. The molecule has 3 rings (SSSR count). The average Bonchev–Trinajstić information content (AvgIpc) is 3.16. The number of hydrogen-bond donors (Lipinski definition) is 0. The summed E-state index contributed by atoms with van der Waals surface area (Å²) in [5.74, 6) is 0.700. The van der Waals surface area contributed by atoms with Crippen LogP contribution in [0.5, 0.6) is 0 Å². The highest BCUT2D eigenvalue weighted by molar-refractivity contribution is 6.03. The van der Waals surface area contributed by atoms with E-state index in [2.05, 4.69) is 36.3 Å². The lowest BCUT2D eigenvalue weighted by molar-refractivity contribution is -0.130.